The Labute approximate surface area is 114 Å². The molecule has 102 valence electrons. The van der Waals surface area contributed by atoms with Gasteiger partial charge in [0.05, 0.1) is 6.04 Å². The number of carbonyl (C=O) groups excluding carboxylic acids is 2. The van der Waals surface area contributed by atoms with Crippen molar-refractivity contribution in [2.45, 2.75) is 19.9 Å². The first-order chi connectivity index (χ1) is 8.88. The Morgan fingerprint density at radius 1 is 1.32 bits per heavy atom. The van der Waals surface area contributed by atoms with Gasteiger partial charge in [-0.3, -0.25) is 10.1 Å². The third-order valence-electron chi connectivity index (χ3n) is 2.15. The number of rotatable bonds is 4. The lowest BCUT2D eigenvalue weighted by Crippen LogP contribution is -2.39. The van der Waals surface area contributed by atoms with E-state index in [0.717, 1.165) is 15.8 Å². The topological polar surface area (TPSA) is 95.5 Å². The molecule has 0 aliphatic heterocycles. The average Bonchev–Trinajstić information content (AvgIpc) is 2.73. The second kappa shape index (κ2) is 6.69. The summed E-state index contributed by atoms with van der Waals surface area (Å²) in [6.07, 6.45) is 1.44. The summed E-state index contributed by atoms with van der Waals surface area (Å²) < 4.78 is 0. The molecule has 1 aromatic rings. The van der Waals surface area contributed by atoms with Gasteiger partial charge in [-0.05, 0) is 26.0 Å². The van der Waals surface area contributed by atoms with Crippen LogP contribution in [0.3, 0.4) is 0 Å². The Bertz CT molecular complexity index is 522. The molecule has 0 saturated heterocycles. The van der Waals surface area contributed by atoms with Crippen LogP contribution in [0.4, 0.5) is 4.79 Å². The Morgan fingerprint density at radius 3 is 2.53 bits per heavy atom. The number of amides is 3. The van der Waals surface area contributed by atoms with Crippen molar-refractivity contribution in [3.8, 4) is 0 Å². The number of urea groups is 1. The summed E-state index contributed by atoms with van der Waals surface area (Å²) in [5.41, 5.74) is 0. The van der Waals surface area contributed by atoms with Crippen LogP contribution in [-0.4, -0.2) is 23.0 Å². The molecule has 1 atom stereocenters. The minimum Gasteiger partial charge on any atom is -0.478 e. The lowest BCUT2D eigenvalue weighted by Gasteiger charge is -2.11. The van der Waals surface area contributed by atoms with Crippen LogP contribution in [0.5, 0.6) is 0 Å². The standard InChI is InChI=1S/C12H14N2O4S/c1-7-3-4-9(19-7)8(2)13-12(18)14-10(15)5-6-11(16)17/h3-6,8H,1-2H3,(H,16,17)(H2,13,14,15,18)/b6-5+. The Morgan fingerprint density at radius 2 is 2.00 bits per heavy atom. The van der Waals surface area contributed by atoms with Crippen molar-refractivity contribution in [2.75, 3.05) is 0 Å². The zero-order valence-corrected chi connectivity index (χ0v) is 11.3. The molecule has 7 heteroatoms. The van der Waals surface area contributed by atoms with Gasteiger partial charge >= 0.3 is 12.0 Å². The molecule has 0 bridgehead atoms. The predicted molar refractivity (Wildman–Crippen MR) is 70.9 cm³/mol. The second-order valence-electron chi connectivity index (χ2n) is 3.80. The largest absolute Gasteiger partial charge is 0.478 e. The van der Waals surface area contributed by atoms with Gasteiger partial charge in [0.15, 0.2) is 0 Å². The van der Waals surface area contributed by atoms with Crippen LogP contribution in [0.25, 0.3) is 0 Å². The van der Waals surface area contributed by atoms with E-state index in [1.165, 1.54) is 0 Å². The number of carboxylic acids is 1. The molecular weight excluding hydrogens is 268 g/mol. The number of nitrogens with one attached hydrogen (secondary N) is 2. The molecule has 0 aliphatic rings. The molecule has 0 spiro atoms. The lowest BCUT2D eigenvalue weighted by atomic mass is 10.3. The first-order valence-corrected chi connectivity index (χ1v) is 6.29. The van der Waals surface area contributed by atoms with E-state index in [0.29, 0.717) is 6.08 Å². The molecule has 1 heterocycles. The first-order valence-electron chi connectivity index (χ1n) is 5.47. The highest BCUT2D eigenvalue weighted by molar-refractivity contribution is 7.12. The van der Waals surface area contributed by atoms with E-state index in [1.807, 2.05) is 24.4 Å². The van der Waals surface area contributed by atoms with Gasteiger partial charge in [0.2, 0.25) is 0 Å². The molecule has 0 fully saturated rings. The molecule has 6 nitrogen and oxygen atoms in total. The van der Waals surface area contributed by atoms with Gasteiger partial charge in [0.25, 0.3) is 5.91 Å². The highest BCUT2D eigenvalue weighted by Gasteiger charge is 2.12. The predicted octanol–water partition coefficient (Wildman–Crippen LogP) is 1.58. The van der Waals surface area contributed by atoms with Crippen LogP contribution < -0.4 is 10.6 Å². The maximum absolute atomic E-state index is 11.5. The van der Waals surface area contributed by atoms with Gasteiger partial charge in [-0.1, -0.05) is 0 Å². The molecule has 1 aromatic heterocycles. The summed E-state index contributed by atoms with van der Waals surface area (Å²) in [4.78, 5) is 34.9. The molecule has 3 N–H and O–H groups in total. The lowest BCUT2D eigenvalue weighted by molar-refractivity contribution is -0.131. The fourth-order valence-electron chi connectivity index (χ4n) is 1.29. The highest BCUT2D eigenvalue weighted by atomic mass is 32.1. The summed E-state index contributed by atoms with van der Waals surface area (Å²) in [6.45, 7) is 3.75. The van der Waals surface area contributed by atoms with Crippen LogP contribution in [0.15, 0.2) is 24.3 Å². The third-order valence-corrected chi connectivity index (χ3v) is 3.33. The number of carbonyl (C=O) groups is 3. The smallest absolute Gasteiger partial charge is 0.328 e. The minimum absolute atomic E-state index is 0.227. The quantitative estimate of drug-likeness (QED) is 0.731. The summed E-state index contributed by atoms with van der Waals surface area (Å²) in [5.74, 6) is -2.03. The maximum atomic E-state index is 11.5. The molecule has 0 aromatic carbocycles. The summed E-state index contributed by atoms with van der Waals surface area (Å²) in [5, 5.41) is 12.9. The zero-order valence-electron chi connectivity index (χ0n) is 10.5. The molecule has 3 amide bonds. The third kappa shape index (κ3) is 5.35. The molecule has 0 radical (unpaired) electrons. The van der Waals surface area contributed by atoms with Gasteiger partial charge in [-0.15, -0.1) is 11.3 Å². The molecule has 1 rings (SSSR count). The number of carboxylic acid groups (broad SMARTS) is 1. The van der Waals surface area contributed by atoms with Gasteiger partial charge in [0.1, 0.15) is 0 Å². The van der Waals surface area contributed by atoms with Gasteiger partial charge in [0, 0.05) is 21.9 Å². The van der Waals surface area contributed by atoms with Gasteiger partial charge < -0.3 is 10.4 Å². The van der Waals surface area contributed by atoms with Crippen molar-refractivity contribution >= 4 is 29.2 Å². The molecule has 0 saturated carbocycles. The van der Waals surface area contributed by atoms with E-state index < -0.39 is 17.9 Å². The number of aryl methyl sites for hydroxylation is 1. The van der Waals surface area contributed by atoms with E-state index in [4.69, 9.17) is 5.11 Å². The summed E-state index contributed by atoms with van der Waals surface area (Å²) >= 11 is 1.55. The van der Waals surface area contributed by atoms with E-state index >= 15 is 0 Å². The number of thiophene rings is 1. The summed E-state index contributed by atoms with van der Waals surface area (Å²) in [6, 6.07) is 2.95. The van der Waals surface area contributed by atoms with Crippen molar-refractivity contribution in [2.24, 2.45) is 0 Å². The zero-order chi connectivity index (χ0) is 14.4. The van der Waals surface area contributed by atoms with Gasteiger partial charge in [-0.25, -0.2) is 9.59 Å². The minimum atomic E-state index is -1.25. The Hall–Kier alpha value is -2.15. The first kappa shape index (κ1) is 14.9. The average molecular weight is 282 g/mol. The monoisotopic (exact) mass is 282 g/mol. The number of hydrogen-bond acceptors (Lipinski definition) is 4. The fraction of sp³-hybridized carbons (Fsp3) is 0.250. The Kier molecular flexibility index (Phi) is 5.25. The molecule has 1 unspecified atom stereocenters. The van der Waals surface area contributed by atoms with E-state index in [9.17, 15) is 14.4 Å². The van der Waals surface area contributed by atoms with Crippen molar-refractivity contribution in [3.05, 3.63) is 34.0 Å². The van der Waals surface area contributed by atoms with Crippen LogP contribution in [-0.2, 0) is 9.59 Å². The van der Waals surface area contributed by atoms with Crippen LogP contribution in [0.2, 0.25) is 0 Å². The summed E-state index contributed by atoms with van der Waals surface area (Å²) in [7, 11) is 0. The Balaban J connectivity index is 2.47. The van der Waals surface area contributed by atoms with Crippen molar-refractivity contribution in [1.82, 2.24) is 10.6 Å². The normalized spacial score (nSPS) is 12.1. The van der Waals surface area contributed by atoms with E-state index in [-0.39, 0.29) is 6.04 Å². The van der Waals surface area contributed by atoms with E-state index in [1.54, 1.807) is 18.3 Å². The van der Waals surface area contributed by atoms with Crippen molar-refractivity contribution < 1.29 is 19.5 Å². The van der Waals surface area contributed by atoms with Crippen LogP contribution in [0, 0.1) is 6.92 Å². The van der Waals surface area contributed by atoms with Crippen LogP contribution >= 0.6 is 11.3 Å². The second-order valence-corrected chi connectivity index (χ2v) is 5.12. The fourth-order valence-corrected chi connectivity index (χ4v) is 2.17. The van der Waals surface area contributed by atoms with E-state index in [2.05, 4.69) is 5.32 Å². The molecular formula is C12H14N2O4S. The van der Waals surface area contributed by atoms with Crippen LogP contribution in [0.1, 0.15) is 22.7 Å². The van der Waals surface area contributed by atoms with Gasteiger partial charge in [-0.2, -0.15) is 0 Å². The highest BCUT2D eigenvalue weighted by Crippen LogP contribution is 2.21. The SMILES string of the molecule is Cc1ccc(C(C)NC(=O)NC(=O)/C=C/C(=O)O)s1. The van der Waals surface area contributed by atoms with Crippen molar-refractivity contribution in [1.29, 1.82) is 0 Å². The van der Waals surface area contributed by atoms with Crippen molar-refractivity contribution in [3.63, 3.8) is 0 Å². The number of imide groups is 1. The number of hydrogen-bond donors (Lipinski definition) is 3. The molecule has 19 heavy (non-hydrogen) atoms. The number of aliphatic carboxylic acids is 1. The molecule has 0 aliphatic carbocycles. The maximum Gasteiger partial charge on any atom is 0.328 e.